The number of aryl methyl sites for hydroxylation is 1. The molecule has 0 fully saturated rings. The summed E-state index contributed by atoms with van der Waals surface area (Å²) in [6.07, 6.45) is 3.35. The van der Waals surface area contributed by atoms with E-state index in [2.05, 4.69) is 25.4 Å². The molecule has 0 aliphatic rings. The molecule has 7 heteroatoms. The van der Waals surface area contributed by atoms with Crippen LogP contribution in [0.1, 0.15) is 10.6 Å². The molecule has 0 saturated heterocycles. The number of hydrogen-bond donors (Lipinski definition) is 1. The molecule has 0 bridgehead atoms. The van der Waals surface area contributed by atoms with Crippen molar-refractivity contribution in [3.05, 3.63) is 34.7 Å². The number of anilines is 1. The largest absolute Gasteiger partial charge is 0.365 e. The van der Waals surface area contributed by atoms with Crippen LogP contribution in [0.15, 0.2) is 24.1 Å². The van der Waals surface area contributed by atoms with Crippen LogP contribution in [0, 0.1) is 6.92 Å². The minimum atomic E-state index is 0.608. The normalized spacial score (nSPS) is 10.9. The maximum atomic E-state index is 4.28. The molecule has 0 aliphatic heterocycles. The van der Waals surface area contributed by atoms with Crippen molar-refractivity contribution < 1.29 is 0 Å². The molecule has 0 unspecified atom stereocenters. The molecule has 3 rings (SSSR count). The lowest BCUT2D eigenvalue weighted by atomic mass is 10.4. The Morgan fingerprint density at radius 3 is 3.24 bits per heavy atom. The topological polar surface area (TPSA) is 68.0 Å². The Morgan fingerprint density at radius 1 is 1.47 bits per heavy atom. The van der Waals surface area contributed by atoms with E-state index in [1.165, 1.54) is 11.2 Å². The quantitative estimate of drug-likeness (QED) is 0.758. The molecular formula is C10H10N6S. The lowest BCUT2D eigenvalue weighted by Crippen LogP contribution is -2.06. The van der Waals surface area contributed by atoms with Crippen LogP contribution in [-0.2, 0) is 6.54 Å². The molecule has 0 spiro atoms. The smallest absolute Gasteiger partial charge is 0.254 e. The summed E-state index contributed by atoms with van der Waals surface area (Å²) in [4.78, 5) is 13.6. The number of aromatic nitrogens is 5. The van der Waals surface area contributed by atoms with Gasteiger partial charge in [-0.1, -0.05) is 0 Å². The summed E-state index contributed by atoms with van der Waals surface area (Å²) in [6, 6.07) is 1.95. The maximum absolute atomic E-state index is 4.28. The van der Waals surface area contributed by atoms with E-state index < -0.39 is 0 Å². The van der Waals surface area contributed by atoms with Crippen LogP contribution in [0.4, 0.5) is 5.82 Å². The van der Waals surface area contributed by atoms with Crippen molar-refractivity contribution in [2.75, 3.05) is 5.32 Å². The van der Waals surface area contributed by atoms with Gasteiger partial charge in [-0.2, -0.15) is 14.6 Å². The van der Waals surface area contributed by atoms with E-state index in [1.807, 2.05) is 24.7 Å². The number of thiazole rings is 1. The Labute approximate surface area is 101 Å². The van der Waals surface area contributed by atoms with E-state index in [0.29, 0.717) is 5.78 Å². The van der Waals surface area contributed by atoms with Crippen LogP contribution in [0.25, 0.3) is 5.78 Å². The average molecular weight is 246 g/mol. The molecule has 0 saturated carbocycles. The summed E-state index contributed by atoms with van der Waals surface area (Å²) in [6.45, 7) is 2.66. The average Bonchev–Trinajstić information content (AvgIpc) is 2.95. The van der Waals surface area contributed by atoms with Crippen molar-refractivity contribution in [1.29, 1.82) is 0 Å². The van der Waals surface area contributed by atoms with Crippen molar-refractivity contribution in [1.82, 2.24) is 24.6 Å². The molecule has 3 aromatic rings. The summed E-state index contributed by atoms with van der Waals surface area (Å²) in [5.41, 5.74) is 2.73. The number of nitrogens with one attached hydrogen (secondary N) is 1. The molecule has 0 radical (unpaired) electrons. The third-order valence-electron chi connectivity index (χ3n) is 2.31. The first-order chi connectivity index (χ1) is 8.33. The van der Waals surface area contributed by atoms with E-state index in [4.69, 9.17) is 0 Å². The van der Waals surface area contributed by atoms with Crippen LogP contribution >= 0.6 is 11.3 Å². The van der Waals surface area contributed by atoms with Gasteiger partial charge < -0.3 is 5.32 Å². The fourth-order valence-corrected chi connectivity index (χ4v) is 2.10. The lowest BCUT2D eigenvalue weighted by Gasteiger charge is -2.06. The van der Waals surface area contributed by atoms with Gasteiger partial charge >= 0.3 is 0 Å². The summed E-state index contributed by atoms with van der Waals surface area (Å²) >= 11 is 1.62. The summed E-state index contributed by atoms with van der Waals surface area (Å²) in [5, 5.41) is 7.44. The summed E-state index contributed by atoms with van der Waals surface area (Å²) in [7, 11) is 0. The zero-order valence-corrected chi connectivity index (χ0v) is 9.98. The Balaban J connectivity index is 1.91. The minimum Gasteiger partial charge on any atom is -0.365 e. The second-order valence-electron chi connectivity index (χ2n) is 3.58. The van der Waals surface area contributed by atoms with Crippen molar-refractivity contribution >= 4 is 22.9 Å². The SMILES string of the molecule is Cc1cc(NCc2cncs2)n2ncnc2n1. The molecular weight excluding hydrogens is 236 g/mol. The fraction of sp³-hybridized carbons (Fsp3) is 0.200. The number of nitrogens with zero attached hydrogens (tertiary/aromatic N) is 5. The Hall–Kier alpha value is -2.02. The van der Waals surface area contributed by atoms with Gasteiger partial charge in [0.25, 0.3) is 5.78 Å². The monoisotopic (exact) mass is 246 g/mol. The Morgan fingerprint density at radius 2 is 2.41 bits per heavy atom. The van der Waals surface area contributed by atoms with Crippen molar-refractivity contribution in [2.24, 2.45) is 0 Å². The second-order valence-corrected chi connectivity index (χ2v) is 4.55. The number of hydrogen-bond acceptors (Lipinski definition) is 6. The van der Waals surface area contributed by atoms with Crippen LogP contribution in [-0.4, -0.2) is 24.6 Å². The van der Waals surface area contributed by atoms with E-state index >= 15 is 0 Å². The Kier molecular flexibility index (Phi) is 2.45. The van der Waals surface area contributed by atoms with Gasteiger partial charge in [0.2, 0.25) is 0 Å². The van der Waals surface area contributed by atoms with Crippen LogP contribution in [0.3, 0.4) is 0 Å². The van der Waals surface area contributed by atoms with E-state index in [9.17, 15) is 0 Å². The molecule has 86 valence electrons. The van der Waals surface area contributed by atoms with E-state index in [1.54, 1.807) is 15.9 Å². The molecule has 3 heterocycles. The highest BCUT2D eigenvalue weighted by atomic mass is 32.1. The lowest BCUT2D eigenvalue weighted by molar-refractivity contribution is 0.918. The first-order valence-corrected chi connectivity index (χ1v) is 5.99. The fourth-order valence-electron chi connectivity index (χ4n) is 1.56. The van der Waals surface area contributed by atoms with Gasteiger partial charge in [0, 0.05) is 22.8 Å². The van der Waals surface area contributed by atoms with Gasteiger partial charge in [0.15, 0.2) is 0 Å². The van der Waals surface area contributed by atoms with Crippen molar-refractivity contribution in [2.45, 2.75) is 13.5 Å². The highest BCUT2D eigenvalue weighted by Crippen LogP contribution is 2.13. The molecule has 0 aliphatic carbocycles. The zero-order valence-electron chi connectivity index (χ0n) is 9.16. The van der Waals surface area contributed by atoms with Crippen LogP contribution in [0.5, 0.6) is 0 Å². The van der Waals surface area contributed by atoms with Crippen LogP contribution < -0.4 is 5.32 Å². The van der Waals surface area contributed by atoms with Gasteiger partial charge in [0.1, 0.15) is 12.1 Å². The summed E-state index contributed by atoms with van der Waals surface area (Å²) in [5.74, 6) is 1.50. The van der Waals surface area contributed by atoms with Gasteiger partial charge in [-0.15, -0.1) is 11.3 Å². The molecule has 3 aromatic heterocycles. The first-order valence-electron chi connectivity index (χ1n) is 5.11. The molecule has 0 amide bonds. The molecule has 0 aromatic carbocycles. The summed E-state index contributed by atoms with van der Waals surface area (Å²) < 4.78 is 1.69. The van der Waals surface area contributed by atoms with Gasteiger partial charge in [-0.3, -0.25) is 4.98 Å². The highest BCUT2D eigenvalue weighted by Gasteiger charge is 2.05. The second kappa shape index (κ2) is 4.10. The van der Waals surface area contributed by atoms with Gasteiger partial charge in [0.05, 0.1) is 12.1 Å². The minimum absolute atomic E-state index is 0.608. The maximum Gasteiger partial charge on any atom is 0.254 e. The standard InChI is InChI=1S/C10H10N6S/c1-7-2-9(12-4-8-3-11-6-17-8)16-10(15-7)13-5-14-16/h2-3,5-6,12H,4H2,1H3. The van der Waals surface area contributed by atoms with E-state index in [-0.39, 0.29) is 0 Å². The van der Waals surface area contributed by atoms with Crippen molar-refractivity contribution in [3.63, 3.8) is 0 Å². The third kappa shape index (κ3) is 1.96. The van der Waals surface area contributed by atoms with Gasteiger partial charge in [-0.25, -0.2) is 4.98 Å². The highest BCUT2D eigenvalue weighted by molar-refractivity contribution is 7.09. The number of rotatable bonds is 3. The van der Waals surface area contributed by atoms with Crippen molar-refractivity contribution in [3.8, 4) is 0 Å². The predicted molar refractivity (Wildman–Crippen MR) is 65.0 cm³/mol. The Bertz CT molecular complexity index is 629. The molecule has 6 nitrogen and oxygen atoms in total. The van der Waals surface area contributed by atoms with Crippen LogP contribution in [0.2, 0.25) is 0 Å². The zero-order chi connectivity index (χ0) is 11.7. The molecule has 17 heavy (non-hydrogen) atoms. The van der Waals surface area contributed by atoms with E-state index in [0.717, 1.165) is 18.1 Å². The molecule has 1 N–H and O–H groups in total. The number of fused-ring (bicyclic) bond motifs is 1. The van der Waals surface area contributed by atoms with Gasteiger partial charge in [-0.05, 0) is 6.92 Å². The predicted octanol–water partition coefficient (Wildman–Crippen LogP) is 1.50. The third-order valence-corrected chi connectivity index (χ3v) is 3.09. The first kappa shape index (κ1) is 10.2. The molecule has 0 atom stereocenters.